The Bertz CT molecular complexity index is 330. The Morgan fingerprint density at radius 2 is 1.71 bits per heavy atom. The number of hydrogen-bond donors (Lipinski definition) is 1. The predicted octanol–water partition coefficient (Wildman–Crippen LogP) is 2.52. The molecular weight excluding hydrogens is 174 g/mol. The Labute approximate surface area is 84.2 Å². The van der Waals surface area contributed by atoms with Crippen LogP contribution in [0.4, 0.5) is 5.69 Å². The van der Waals surface area contributed by atoms with Crippen LogP contribution in [0.3, 0.4) is 0 Å². The lowest BCUT2D eigenvalue weighted by Gasteiger charge is -2.24. The highest BCUT2D eigenvalue weighted by atomic mass is 16.3. The van der Waals surface area contributed by atoms with Crippen LogP contribution in [-0.2, 0) is 0 Å². The van der Waals surface area contributed by atoms with Gasteiger partial charge in [-0.05, 0) is 37.8 Å². The summed E-state index contributed by atoms with van der Waals surface area (Å²) in [4.78, 5) is 2.50. The minimum atomic E-state index is 0.383. The molecule has 0 aliphatic carbocycles. The second kappa shape index (κ2) is 2.91. The maximum absolute atomic E-state index is 9.44. The van der Waals surface area contributed by atoms with Crippen LogP contribution in [0, 0.1) is 0 Å². The third-order valence-corrected chi connectivity index (χ3v) is 3.58. The molecule has 2 heteroatoms. The SMILES string of the molecule is Oc1cccc(N2C3CCC2CC3)c1. The summed E-state index contributed by atoms with van der Waals surface area (Å²) in [6.07, 6.45) is 5.33. The molecule has 2 nitrogen and oxygen atoms in total. The molecule has 1 aromatic carbocycles. The summed E-state index contributed by atoms with van der Waals surface area (Å²) in [5, 5.41) is 9.44. The third-order valence-electron chi connectivity index (χ3n) is 3.58. The van der Waals surface area contributed by atoms with Crippen LogP contribution in [0.5, 0.6) is 5.75 Å². The predicted molar refractivity (Wildman–Crippen MR) is 56.6 cm³/mol. The first-order valence-electron chi connectivity index (χ1n) is 5.42. The summed E-state index contributed by atoms with van der Waals surface area (Å²) < 4.78 is 0. The van der Waals surface area contributed by atoms with Gasteiger partial charge in [0.05, 0.1) is 0 Å². The molecule has 2 heterocycles. The first-order valence-corrected chi connectivity index (χ1v) is 5.42. The molecule has 0 spiro atoms. The van der Waals surface area contributed by atoms with E-state index >= 15 is 0 Å². The van der Waals surface area contributed by atoms with Gasteiger partial charge < -0.3 is 10.0 Å². The van der Waals surface area contributed by atoms with Crippen LogP contribution in [0.15, 0.2) is 24.3 Å². The molecule has 0 aromatic heterocycles. The van der Waals surface area contributed by atoms with E-state index in [1.54, 1.807) is 6.07 Å². The van der Waals surface area contributed by atoms with Gasteiger partial charge in [-0.15, -0.1) is 0 Å². The Morgan fingerprint density at radius 3 is 2.29 bits per heavy atom. The summed E-state index contributed by atoms with van der Waals surface area (Å²) in [6.45, 7) is 0. The van der Waals surface area contributed by atoms with E-state index in [0.717, 1.165) is 12.1 Å². The van der Waals surface area contributed by atoms with Gasteiger partial charge in [0, 0.05) is 23.8 Å². The molecule has 0 radical (unpaired) electrons. The lowest BCUT2D eigenvalue weighted by Crippen LogP contribution is -2.27. The highest BCUT2D eigenvalue weighted by Gasteiger charge is 2.39. The van der Waals surface area contributed by atoms with E-state index in [1.165, 1.54) is 31.4 Å². The molecule has 0 unspecified atom stereocenters. The van der Waals surface area contributed by atoms with Crippen molar-refractivity contribution in [3.63, 3.8) is 0 Å². The maximum Gasteiger partial charge on any atom is 0.117 e. The molecular formula is C12H15NO. The summed E-state index contributed by atoms with van der Waals surface area (Å²) >= 11 is 0. The van der Waals surface area contributed by atoms with E-state index < -0.39 is 0 Å². The standard InChI is InChI=1S/C12H15NO/c14-12-3-1-2-11(8-12)13-9-4-5-10(13)7-6-9/h1-3,8-10,14H,4-7H2. The zero-order chi connectivity index (χ0) is 9.54. The first-order chi connectivity index (χ1) is 6.84. The van der Waals surface area contributed by atoms with Gasteiger partial charge in [0.25, 0.3) is 0 Å². The average Bonchev–Trinajstić information content (AvgIpc) is 2.76. The number of anilines is 1. The van der Waals surface area contributed by atoms with Crippen molar-refractivity contribution in [2.24, 2.45) is 0 Å². The van der Waals surface area contributed by atoms with Crippen molar-refractivity contribution < 1.29 is 5.11 Å². The minimum Gasteiger partial charge on any atom is -0.508 e. The van der Waals surface area contributed by atoms with Crippen LogP contribution < -0.4 is 4.90 Å². The monoisotopic (exact) mass is 189 g/mol. The molecule has 74 valence electrons. The zero-order valence-corrected chi connectivity index (χ0v) is 8.19. The Kier molecular flexibility index (Phi) is 1.69. The molecule has 2 aliphatic heterocycles. The maximum atomic E-state index is 9.44. The number of rotatable bonds is 1. The van der Waals surface area contributed by atoms with Gasteiger partial charge in [0.15, 0.2) is 0 Å². The molecule has 0 saturated carbocycles. The number of phenols is 1. The fourth-order valence-corrected chi connectivity index (χ4v) is 2.99. The minimum absolute atomic E-state index is 0.383. The number of phenolic OH excluding ortho intramolecular Hbond substituents is 1. The van der Waals surface area contributed by atoms with E-state index in [9.17, 15) is 5.11 Å². The fraction of sp³-hybridized carbons (Fsp3) is 0.500. The second-order valence-electron chi connectivity index (χ2n) is 4.39. The summed E-state index contributed by atoms with van der Waals surface area (Å²) in [5.74, 6) is 0.383. The van der Waals surface area contributed by atoms with Crippen molar-refractivity contribution >= 4 is 5.69 Å². The third kappa shape index (κ3) is 1.10. The molecule has 14 heavy (non-hydrogen) atoms. The number of aromatic hydroxyl groups is 1. The van der Waals surface area contributed by atoms with Gasteiger partial charge >= 0.3 is 0 Å². The second-order valence-corrected chi connectivity index (χ2v) is 4.39. The number of benzene rings is 1. The highest BCUT2D eigenvalue weighted by Crippen LogP contribution is 2.41. The van der Waals surface area contributed by atoms with Crippen molar-refractivity contribution in [1.29, 1.82) is 0 Å². The molecule has 0 atom stereocenters. The Morgan fingerprint density at radius 1 is 1.07 bits per heavy atom. The number of nitrogens with zero attached hydrogens (tertiary/aromatic N) is 1. The molecule has 2 fully saturated rings. The lowest BCUT2D eigenvalue weighted by molar-refractivity contribution is 0.475. The smallest absolute Gasteiger partial charge is 0.117 e. The van der Waals surface area contributed by atoms with Gasteiger partial charge in [0.2, 0.25) is 0 Å². The molecule has 3 rings (SSSR count). The molecule has 2 aliphatic rings. The van der Waals surface area contributed by atoms with E-state index in [2.05, 4.69) is 11.0 Å². The fourth-order valence-electron chi connectivity index (χ4n) is 2.99. The van der Waals surface area contributed by atoms with Gasteiger partial charge in [-0.2, -0.15) is 0 Å². The van der Waals surface area contributed by atoms with Crippen LogP contribution in [0.25, 0.3) is 0 Å². The van der Waals surface area contributed by atoms with Crippen molar-refractivity contribution in [3.8, 4) is 5.75 Å². The average molecular weight is 189 g/mol. The topological polar surface area (TPSA) is 23.5 Å². The van der Waals surface area contributed by atoms with E-state index in [4.69, 9.17) is 0 Å². The van der Waals surface area contributed by atoms with Crippen molar-refractivity contribution in [1.82, 2.24) is 0 Å². The summed E-state index contributed by atoms with van der Waals surface area (Å²) in [6, 6.07) is 9.14. The number of fused-ring (bicyclic) bond motifs is 2. The molecule has 1 aromatic rings. The van der Waals surface area contributed by atoms with Gasteiger partial charge in [-0.1, -0.05) is 6.07 Å². The van der Waals surface area contributed by atoms with Crippen molar-refractivity contribution in [2.45, 2.75) is 37.8 Å². The normalized spacial score (nSPS) is 29.9. The quantitative estimate of drug-likeness (QED) is 0.733. The van der Waals surface area contributed by atoms with Gasteiger partial charge in [-0.25, -0.2) is 0 Å². The Balaban J connectivity index is 1.95. The Hall–Kier alpha value is -1.18. The van der Waals surface area contributed by atoms with Crippen molar-refractivity contribution in [3.05, 3.63) is 24.3 Å². The van der Waals surface area contributed by atoms with Crippen LogP contribution in [-0.4, -0.2) is 17.2 Å². The van der Waals surface area contributed by atoms with Crippen LogP contribution in [0.2, 0.25) is 0 Å². The van der Waals surface area contributed by atoms with Gasteiger partial charge in [-0.3, -0.25) is 0 Å². The molecule has 2 saturated heterocycles. The molecule has 0 amide bonds. The van der Waals surface area contributed by atoms with Gasteiger partial charge in [0.1, 0.15) is 5.75 Å². The highest BCUT2D eigenvalue weighted by molar-refractivity contribution is 5.54. The first kappa shape index (κ1) is 8.16. The zero-order valence-electron chi connectivity index (χ0n) is 8.19. The van der Waals surface area contributed by atoms with Crippen molar-refractivity contribution in [2.75, 3.05) is 4.90 Å². The van der Waals surface area contributed by atoms with Crippen LogP contribution in [0.1, 0.15) is 25.7 Å². The number of hydrogen-bond acceptors (Lipinski definition) is 2. The van der Waals surface area contributed by atoms with E-state index in [0.29, 0.717) is 5.75 Å². The molecule has 2 bridgehead atoms. The summed E-state index contributed by atoms with van der Waals surface area (Å²) in [5.41, 5.74) is 1.20. The van der Waals surface area contributed by atoms with E-state index in [-0.39, 0.29) is 0 Å². The molecule has 1 N–H and O–H groups in total. The largest absolute Gasteiger partial charge is 0.508 e. The van der Waals surface area contributed by atoms with E-state index in [1.807, 2.05) is 12.1 Å². The lowest BCUT2D eigenvalue weighted by atomic mass is 10.0. The summed E-state index contributed by atoms with van der Waals surface area (Å²) in [7, 11) is 0. The van der Waals surface area contributed by atoms with Crippen LogP contribution >= 0.6 is 0 Å².